The Morgan fingerprint density at radius 2 is 1.95 bits per heavy atom. The maximum atomic E-state index is 13.4. The highest BCUT2D eigenvalue weighted by Crippen LogP contribution is 2.18. The van der Waals surface area contributed by atoms with Crippen molar-refractivity contribution >= 4 is 23.6 Å². The first kappa shape index (κ1) is 16.4. The summed E-state index contributed by atoms with van der Waals surface area (Å²) in [7, 11) is 0. The molecule has 114 valence electrons. The number of nitrogens with one attached hydrogen (secondary N) is 3. The van der Waals surface area contributed by atoms with Gasteiger partial charge in [0.25, 0.3) is 0 Å². The standard InChI is InChI=1S/C13H16FN3O4/c1-7(2)16-10(18)6-15-13(21)17-9-5-3-4-8(14)11(9)12(19)20/h3-5,7H,6H2,1-2H3,(H,16,18)(H,19,20)(H2,15,17,21). The van der Waals surface area contributed by atoms with E-state index in [0.29, 0.717) is 0 Å². The van der Waals surface area contributed by atoms with Gasteiger partial charge < -0.3 is 21.1 Å². The van der Waals surface area contributed by atoms with Gasteiger partial charge in [0.05, 0.1) is 12.2 Å². The number of halogens is 1. The molecule has 4 N–H and O–H groups in total. The highest BCUT2D eigenvalue weighted by molar-refractivity contribution is 6.00. The van der Waals surface area contributed by atoms with Gasteiger partial charge in [-0.15, -0.1) is 0 Å². The number of anilines is 1. The summed E-state index contributed by atoms with van der Waals surface area (Å²) in [6.45, 7) is 3.26. The predicted octanol–water partition coefficient (Wildman–Crippen LogP) is 1.17. The number of hydrogen-bond donors (Lipinski definition) is 4. The minimum Gasteiger partial charge on any atom is -0.478 e. The number of carboxylic acids is 1. The van der Waals surface area contributed by atoms with Crippen LogP contribution in [0.3, 0.4) is 0 Å². The Morgan fingerprint density at radius 3 is 2.52 bits per heavy atom. The SMILES string of the molecule is CC(C)NC(=O)CNC(=O)Nc1cccc(F)c1C(=O)O. The normalized spacial score (nSPS) is 10.1. The Kier molecular flexibility index (Phi) is 5.65. The molecule has 0 aliphatic heterocycles. The number of hydrogen-bond acceptors (Lipinski definition) is 3. The molecule has 8 heteroatoms. The molecule has 3 amide bonds. The van der Waals surface area contributed by atoms with Gasteiger partial charge >= 0.3 is 12.0 Å². The average Bonchev–Trinajstić information content (AvgIpc) is 2.35. The third-order valence-electron chi connectivity index (χ3n) is 2.33. The van der Waals surface area contributed by atoms with Crippen LogP contribution < -0.4 is 16.0 Å². The second-order valence-electron chi connectivity index (χ2n) is 4.50. The number of carboxylic acid groups (broad SMARTS) is 1. The van der Waals surface area contributed by atoms with Gasteiger partial charge in [-0.2, -0.15) is 0 Å². The molecule has 0 radical (unpaired) electrons. The molecule has 1 aromatic rings. The maximum Gasteiger partial charge on any atom is 0.340 e. The van der Waals surface area contributed by atoms with Crippen LogP contribution in [-0.2, 0) is 4.79 Å². The van der Waals surface area contributed by atoms with E-state index in [-0.39, 0.29) is 18.3 Å². The molecule has 0 unspecified atom stereocenters. The number of aromatic carboxylic acids is 1. The summed E-state index contributed by atoms with van der Waals surface area (Å²) in [6, 6.07) is 2.62. The Hall–Kier alpha value is -2.64. The van der Waals surface area contributed by atoms with E-state index in [9.17, 15) is 18.8 Å². The molecule has 0 aliphatic rings. The van der Waals surface area contributed by atoms with Gasteiger partial charge in [-0.3, -0.25) is 4.79 Å². The number of carbonyl (C=O) groups is 3. The van der Waals surface area contributed by atoms with E-state index in [4.69, 9.17) is 5.11 Å². The lowest BCUT2D eigenvalue weighted by Gasteiger charge is -2.11. The molecule has 7 nitrogen and oxygen atoms in total. The summed E-state index contributed by atoms with van der Waals surface area (Å²) in [5.74, 6) is -2.85. The molecule has 1 rings (SSSR count). The molecule has 0 heterocycles. The third-order valence-corrected chi connectivity index (χ3v) is 2.33. The fourth-order valence-electron chi connectivity index (χ4n) is 1.55. The zero-order valence-corrected chi connectivity index (χ0v) is 11.6. The minimum atomic E-state index is -1.50. The number of urea groups is 1. The maximum absolute atomic E-state index is 13.4. The highest BCUT2D eigenvalue weighted by Gasteiger charge is 2.17. The Balaban J connectivity index is 2.66. The number of amides is 3. The van der Waals surface area contributed by atoms with Crippen molar-refractivity contribution in [3.63, 3.8) is 0 Å². The zero-order chi connectivity index (χ0) is 16.0. The molecular formula is C13H16FN3O4. The van der Waals surface area contributed by atoms with Crippen LogP contribution in [0.1, 0.15) is 24.2 Å². The van der Waals surface area contributed by atoms with Crippen molar-refractivity contribution in [2.45, 2.75) is 19.9 Å². The van der Waals surface area contributed by atoms with Crippen molar-refractivity contribution in [3.8, 4) is 0 Å². The largest absolute Gasteiger partial charge is 0.478 e. The topological polar surface area (TPSA) is 108 Å². The Labute approximate surface area is 120 Å². The van der Waals surface area contributed by atoms with E-state index in [1.807, 2.05) is 0 Å². The van der Waals surface area contributed by atoms with Gasteiger partial charge in [-0.1, -0.05) is 6.07 Å². The zero-order valence-electron chi connectivity index (χ0n) is 11.6. The van der Waals surface area contributed by atoms with Crippen molar-refractivity contribution in [3.05, 3.63) is 29.6 Å². The molecule has 0 spiro atoms. The van der Waals surface area contributed by atoms with Crippen LogP contribution >= 0.6 is 0 Å². The van der Waals surface area contributed by atoms with Crippen molar-refractivity contribution in [1.29, 1.82) is 0 Å². The number of carbonyl (C=O) groups excluding carboxylic acids is 2. The lowest BCUT2D eigenvalue weighted by atomic mass is 10.1. The van der Waals surface area contributed by atoms with E-state index in [2.05, 4.69) is 16.0 Å². The number of rotatable bonds is 5. The van der Waals surface area contributed by atoms with Crippen molar-refractivity contribution < 1.29 is 23.9 Å². The van der Waals surface area contributed by atoms with Crippen molar-refractivity contribution in [2.75, 3.05) is 11.9 Å². The Morgan fingerprint density at radius 1 is 1.29 bits per heavy atom. The Bertz CT molecular complexity index is 560. The molecule has 0 bridgehead atoms. The van der Waals surface area contributed by atoms with Gasteiger partial charge in [0.15, 0.2) is 0 Å². The van der Waals surface area contributed by atoms with Crippen LogP contribution in [0.2, 0.25) is 0 Å². The molecular weight excluding hydrogens is 281 g/mol. The third kappa shape index (κ3) is 5.09. The smallest absolute Gasteiger partial charge is 0.340 e. The molecule has 0 atom stereocenters. The molecule has 1 aromatic carbocycles. The number of benzene rings is 1. The highest BCUT2D eigenvalue weighted by atomic mass is 19.1. The van der Waals surface area contributed by atoms with Crippen LogP contribution in [0, 0.1) is 5.82 Å². The fourth-order valence-corrected chi connectivity index (χ4v) is 1.55. The van der Waals surface area contributed by atoms with Crippen LogP contribution in [0.15, 0.2) is 18.2 Å². The van der Waals surface area contributed by atoms with Crippen LogP contribution in [0.4, 0.5) is 14.9 Å². The summed E-state index contributed by atoms with van der Waals surface area (Å²) >= 11 is 0. The van der Waals surface area contributed by atoms with E-state index < -0.39 is 29.3 Å². The average molecular weight is 297 g/mol. The van der Waals surface area contributed by atoms with E-state index in [1.165, 1.54) is 12.1 Å². The van der Waals surface area contributed by atoms with E-state index in [0.717, 1.165) is 6.07 Å². The first-order valence-corrected chi connectivity index (χ1v) is 6.17. The summed E-state index contributed by atoms with van der Waals surface area (Å²) < 4.78 is 13.4. The first-order valence-electron chi connectivity index (χ1n) is 6.17. The summed E-state index contributed by atoms with van der Waals surface area (Å²) in [6.07, 6.45) is 0. The predicted molar refractivity (Wildman–Crippen MR) is 73.7 cm³/mol. The summed E-state index contributed by atoms with van der Waals surface area (Å²) in [5.41, 5.74) is -0.830. The van der Waals surface area contributed by atoms with Gasteiger partial charge in [0, 0.05) is 6.04 Å². The van der Waals surface area contributed by atoms with Crippen molar-refractivity contribution in [2.24, 2.45) is 0 Å². The first-order chi connectivity index (χ1) is 9.81. The van der Waals surface area contributed by atoms with Crippen molar-refractivity contribution in [1.82, 2.24) is 10.6 Å². The van der Waals surface area contributed by atoms with Gasteiger partial charge in [0.2, 0.25) is 5.91 Å². The van der Waals surface area contributed by atoms with E-state index >= 15 is 0 Å². The molecule has 0 aliphatic carbocycles. The van der Waals surface area contributed by atoms with Crippen LogP contribution in [-0.4, -0.2) is 35.6 Å². The summed E-state index contributed by atoms with van der Waals surface area (Å²) in [4.78, 5) is 33.8. The second-order valence-corrected chi connectivity index (χ2v) is 4.50. The lowest BCUT2D eigenvalue weighted by Crippen LogP contribution is -2.41. The minimum absolute atomic E-state index is 0.0656. The van der Waals surface area contributed by atoms with Gasteiger partial charge in [-0.25, -0.2) is 14.0 Å². The molecule has 0 fully saturated rings. The fraction of sp³-hybridized carbons (Fsp3) is 0.308. The van der Waals surface area contributed by atoms with Gasteiger partial charge in [-0.05, 0) is 26.0 Å². The van der Waals surface area contributed by atoms with Crippen LogP contribution in [0.25, 0.3) is 0 Å². The summed E-state index contributed by atoms with van der Waals surface area (Å²) in [5, 5.41) is 15.9. The molecule has 0 saturated heterocycles. The molecule has 0 aromatic heterocycles. The van der Waals surface area contributed by atoms with Gasteiger partial charge in [0.1, 0.15) is 11.4 Å². The van der Waals surface area contributed by atoms with E-state index in [1.54, 1.807) is 13.8 Å². The monoisotopic (exact) mass is 297 g/mol. The molecule has 21 heavy (non-hydrogen) atoms. The molecule has 0 saturated carbocycles. The lowest BCUT2D eigenvalue weighted by molar-refractivity contribution is -0.120. The second kappa shape index (κ2) is 7.22. The van der Waals surface area contributed by atoms with Crippen LogP contribution in [0.5, 0.6) is 0 Å². The quantitative estimate of drug-likeness (QED) is 0.654.